The molecule has 0 saturated heterocycles. The Morgan fingerprint density at radius 1 is 1.61 bits per heavy atom. The maximum absolute atomic E-state index is 11.7. The minimum atomic E-state index is -0.402. The highest BCUT2D eigenvalue weighted by Crippen LogP contribution is 2.14. The first-order valence-electron chi connectivity index (χ1n) is 5.88. The molecule has 0 aromatic carbocycles. The van der Waals surface area contributed by atoms with Gasteiger partial charge in [-0.1, -0.05) is 11.6 Å². The largest absolute Gasteiger partial charge is 0.394 e. The summed E-state index contributed by atoms with van der Waals surface area (Å²) >= 11 is 5.93. The summed E-state index contributed by atoms with van der Waals surface area (Å²) in [7, 11) is 0. The second-order valence-corrected chi connectivity index (χ2v) is 3.98. The molecule has 1 aromatic heterocycles. The summed E-state index contributed by atoms with van der Waals surface area (Å²) in [6, 6.07) is 0. The first-order valence-corrected chi connectivity index (χ1v) is 6.26. The molecule has 1 rings (SSSR count). The van der Waals surface area contributed by atoms with Crippen LogP contribution in [0.3, 0.4) is 0 Å². The Bertz CT molecular complexity index is 422. The molecule has 0 aliphatic heterocycles. The molecule has 7 heteroatoms. The van der Waals surface area contributed by atoms with Gasteiger partial charge in [-0.25, -0.2) is 4.68 Å². The van der Waals surface area contributed by atoms with Gasteiger partial charge in [-0.15, -0.1) is 0 Å². The van der Waals surface area contributed by atoms with E-state index in [1.165, 1.54) is 6.20 Å². The molecule has 0 unspecified atom stereocenters. The summed E-state index contributed by atoms with van der Waals surface area (Å²) in [5.74, 6) is 0. The fourth-order valence-electron chi connectivity index (χ4n) is 1.38. The lowest BCUT2D eigenvalue weighted by Gasteiger charge is -2.09. The van der Waals surface area contributed by atoms with Crippen molar-refractivity contribution in [2.24, 2.45) is 0 Å². The summed E-state index contributed by atoms with van der Waals surface area (Å²) in [6.07, 6.45) is 2.31. The van der Waals surface area contributed by atoms with E-state index in [0.717, 1.165) is 11.1 Å². The number of ether oxygens (including phenoxy) is 1. The van der Waals surface area contributed by atoms with Crippen molar-refractivity contribution < 1.29 is 9.84 Å². The lowest BCUT2D eigenvalue weighted by Crippen LogP contribution is -2.25. The number of rotatable bonds is 8. The van der Waals surface area contributed by atoms with Crippen LogP contribution in [0, 0.1) is 0 Å². The molecule has 1 heterocycles. The van der Waals surface area contributed by atoms with Gasteiger partial charge in [0.2, 0.25) is 0 Å². The molecule has 102 valence electrons. The number of anilines is 1. The number of halogens is 1. The van der Waals surface area contributed by atoms with E-state index in [0.29, 0.717) is 25.4 Å². The molecule has 0 radical (unpaired) electrons. The Balaban J connectivity index is 2.57. The zero-order chi connectivity index (χ0) is 13.4. The molecule has 0 bridgehead atoms. The van der Waals surface area contributed by atoms with Crippen molar-refractivity contribution in [1.82, 2.24) is 9.78 Å². The van der Waals surface area contributed by atoms with Crippen LogP contribution in [-0.4, -0.2) is 41.3 Å². The van der Waals surface area contributed by atoms with Crippen LogP contribution >= 0.6 is 11.6 Å². The third kappa shape index (κ3) is 4.29. The van der Waals surface area contributed by atoms with Gasteiger partial charge in [0.1, 0.15) is 5.02 Å². The summed E-state index contributed by atoms with van der Waals surface area (Å²) < 4.78 is 6.33. The molecular weight excluding hydrogens is 258 g/mol. The highest BCUT2D eigenvalue weighted by molar-refractivity contribution is 6.32. The van der Waals surface area contributed by atoms with Crippen molar-refractivity contribution in [2.45, 2.75) is 19.9 Å². The third-order valence-electron chi connectivity index (χ3n) is 2.28. The van der Waals surface area contributed by atoms with Crippen molar-refractivity contribution in [2.75, 3.05) is 31.7 Å². The fraction of sp³-hybridized carbons (Fsp3) is 0.636. The maximum Gasteiger partial charge on any atom is 0.287 e. The van der Waals surface area contributed by atoms with Gasteiger partial charge in [0.15, 0.2) is 0 Å². The number of aliphatic hydroxyl groups excluding tert-OH is 1. The van der Waals surface area contributed by atoms with E-state index < -0.39 is 5.56 Å². The molecular formula is C11H18ClN3O3. The second kappa shape index (κ2) is 8.07. The maximum atomic E-state index is 11.7. The van der Waals surface area contributed by atoms with Crippen LogP contribution in [0.2, 0.25) is 5.02 Å². The lowest BCUT2D eigenvalue weighted by atomic mass is 10.4. The summed E-state index contributed by atoms with van der Waals surface area (Å²) in [4.78, 5) is 11.7. The van der Waals surface area contributed by atoms with Crippen molar-refractivity contribution in [3.05, 3.63) is 21.6 Å². The lowest BCUT2D eigenvalue weighted by molar-refractivity contribution is 0.147. The van der Waals surface area contributed by atoms with Gasteiger partial charge >= 0.3 is 0 Å². The number of nitrogens with zero attached hydrogens (tertiary/aromatic N) is 2. The predicted octanol–water partition coefficient (Wildman–Crippen LogP) is 0.727. The zero-order valence-electron chi connectivity index (χ0n) is 10.4. The molecule has 0 saturated carbocycles. The summed E-state index contributed by atoms with van der Waals surface area (Å²) in [5.41, 5.74) is 0.105. The van der Waals surface area contributed by atoms with E-state index in [4.69, 9.17) is 21.4 Å². The average Bonchev–Trinajstić information content (AvgIpc) is 2.37. The van der Waals surface area contributed by atoms with Crippen LogP contribution < -0.4 is 10.9 Å². The minimum Gasteiger partial charge on any atom is -0.394 e. The molecule has 0 aliphatic rings. The van der Waals surface area contributed by atoms with Gasteiger partial charge in [-0.2, -0.15) is 5.10 Å². The topological polar surface area (TPSA) is 76.4 Å². The van der Waals surface area contributed by atoms with Crippen molar-refractivity contribution in [1.29, 1.82) is 0 Å². The van der Waals surface area contributed by atoms with E-state index in [9.17, 15) is 4.79 Å². The Hall–Kier alpha value is -1.11. The first-order chi connectivity index (χ1) is 8.70. The summed E-state index contributed by atoms with van der Waals surface area (Å²) in [5, 5.41) is 15.8. The SMILES string of the molecule is CCOCCCNc1cnn(CCO)c(=O)c1Cl. The smallest absolute Gasteiger partial charge is 0.287 e. The number of nitrogens with one attached hydrogen (secondary N) is 1. The summed E-state index contributed by atoms with van der Waals surface area (Å²) in [6.45, 7) is 3.95. The molecule has 2 N–H and O–H groups in total. The average molecular weight is 276 g/mol. The van der Waals surface area contributed by atoms with Crippen LogP contribution in [0.1, 0.15) is 13.3 Å². The first kappa shape index (κ1) is 14.9. The Morgan fingerprint density at radius 3 is 3.06 bits per heavy atom. The van der Waals surface area contributed by atoms with Crippen LogP contribution in [0.4, 0.5) is 5.69 Å². The molecule has 0 spiro atoms. The van der Waals surface area contributed by atoms with Gasteiger partial charge in [0, 0.05) is 19.8 Å². The number of aromatic nitrogens is 2. The molecule has 0 aliphatic carbocycles. The molecule has 0 atom stereocenters. The second-order valence-electron chi connectivity index (χ2n) is 3.60. The Kier molecular flexibility index (Phi) is 6.70. The van der Waals surface area contributed by atoms with E-state index >= 15 is 0 Å². The number of hydrogen-bond acceptors (Lipinski definition) is 5. The van der Waals surface area contributed by atoms with Gasteiger partial charge in [-0.3, -0.25) is 4.79 Å². The van der Waals surface area contributed by atoms with Gasteiger partial charge in [0.25, 0.3) is 5.56 Å². The van der Waals surface area contributed by atoms with Crippen molar-refractivity contribution in [3.63, 3.8) is 0 Å². The third-order valence-corrected chi connectivity index (χ3v) is 2.65. The van der Waals surface area contributed by atoms with E-state index in [-0.39, 0.29) is 18.2 Å². The highest BCUT2D eigenvalue weighted by atomic mass is 35.5. The molecule has 6 nitrogen and oxygen atoms in total. The monoisotopic (exact) mass is 275 g/mol. The van der Waals surface area contributed by atoms with E-state index in [1.807, 2.05) is 6.92 Å². The van der Waals surface area contributed by atoms with Gasteiger partial charge < -0.3 is 15.2 Å². The van der Waals surface area contributed by atoms with Gasteiger partial charge in [-0.05, 0) is 13.3 Å². The van der Waals surface area contributed by atoms with Crippen molar-refractivity contribution >= 4 is 17.3 Å². The van der Waals surface area contributed by atoms with E-state index in [1.54, 1.807) is 0 Å². The highest BCUT2D eigenvalue weighted by Gasteiger charge is 2.08. The number of hydrogen-bond donors (Lipinski definition) is 2. The standard InChI is InChI=1S/C11H18ClN3O3/c1-2-18-7-3-4-13-9-8-14-15(5-6-16)11(17)10(9)12/h8,13,16H,2-7H2,1H3. The zero-order valence-corrected chi connectivity index (χ0v) is 11.1. The predicted molar refractivity (Wildman–Crippen MR) is 70.2 cm³/mol. The van der Waals surface area contributed by atoms with E-state index in [2.05, 4.69) is 10.4 Å². The minimum absolute atomic E-state index is 0.0925. The van der Waals surface area contributed by atoms with Crippen LogP contribution in [0.5, 0.6) is 0 Å². The fourth-order valence-corrected chi connectivity index (χ4v) is 1.60. The van der Waals surface area contributed by atoms with Crippen LogP contribution in [0.15, 0.2) is 11.0 Å². The van der Waals surface area contributed by atoms with Crippen LogP contribution in [-0.2, 0) is 11.3 Å². The van der Waals surface area contributed by atoms with Crippen molar-refractivity contribution in [3.8, 4) is 0 Å². The van der Waals surface area contributed by atoms with Gasteiger partial charge in [0.05, 0.1) is 25.0 Å². The quantitative estimate of drug-likeness (QED) is 0.684. The molecule has 18 heavy (non-hydrogen) atoms. The molecule has 0 fully saturated rings. The Morgan fingerprint density at radius 2 is 2.39 bits per heavy atom. The molecule has 1 aromatic rings. The van der Waals surface area contributed by atoms with Crippen LogP contribution in [0.25, 0.3) is 0 Å². The normalized spacial score (nSPS) is 10.6. The molecule has 0 amide bonds. The Labute approximate surface area is 111 Å². The number of aliphatic hydroxyl groups is 1.